The molecule has 28 heavy (non-hydrogen) atoms. The lowest BCUT2D eigenvalue weighted by Gasteiger charge is -2.49. The quantitative estimate of drug-likeness (QED) is 0.251. The predicted molar refractivity (Wildman–Crippen MR) is 97.9 cm³/mol. The van der Waals surface area contributed by atoms with Gasteiger partial charge in [-0.2, -0.15) is 0 Å². The number of rotatable bonds is 6. The first-order valence-corrected chi connectivity index (χ1v) is 9.64. The van der Waals surface area contributed by atoms with E-state index in [0.29, 0.717) is 6.42 Å². The number of aliphatic hydroxyl groups is 7. The Balaban J connectivity index is 2.12. The number of hydrogen-bond donors (Lipinski definition) is 7. The van der Waals surface area contributed by atoms with Gasteiger partial charge in [0.15, 0.2) is 6.29 Å². The zero-order valence-corrected chi connectivity index (χ0v) is 16.5. The molecule has 9 heteroatoms. The average Bonchev–Trinajstić information content (AvgIpc) is 2.65. The van der Waals surface area contributed by atoms with Crippen molar-refractivity contribution in [2.75, 3.05) is 13.2 Å². The third kappa shape index (κ3) is 4.92. The minimum absolute atomic E-state index is 0.0987. The smallest absolute Gasteiger partial charge is 0.187 e. The molecule has 0 aromatic rings. The third-order valence-electron chi connectivity index (χ3n) is 6.00. The molecule has 0 amide bonds. The topological polar surface area (TPSA) is 160 Å². The van der Waals surface area contributed by atoms with E-state index in [2.05, 4.69) is 0 Å². The second-order valence-corrected chi connectivity index (χ2v) is 8.57. The maximum Gasteiger partial charge on any atom is 0.187 e. The summed E-state index contributed by atoms with van der Waals surface area (Å²) in [7, 11) is 0. The molecule has 1 aliphatic carbocycles. The summed E-state index contributed by atoms with van der Waals surface area (Å²) in [5.41, 5.74) is -0.344. The Labute approximate surface area is 164 Å². The average molecular weight is 406 g/mol. The van der Waals surface area contributed by atoms with Crippen LogP contribution in [-0.4, -0.2) is 98.0 Å². The molecule has 1 saturated heterocycles. The predicted octanol–water partition coefficient (Wildman–Crippen LogP) is -1.88. The standard InChI is InChI=1S/C19H34O9/c1-9-11(5-4-10(22)7-20)19(2,3)6-12(14(9)23)27-18-17(26)16(25)15(24)13(8-21)28-18/h4-5,9-18,20-26H,6-8H2,1-3H3/t9-,10+,11-,12-,13-,14+,15-,16+,17-,18-/m1/s1. The van der Waals surface area contributed by atoms with Crippen molar-refractivity contribution < 1.29 is 45.2 Å². The molecular weight excluding hydrogens is 372 g/mol. The van der Waals surface area contributed by atoms with E-state index in [1.807, 2.05) is 20.8 Å². The van der Waals surface area contributed by atoms with Crippen LogP contribution in [0.1, 0.15) is 27.2 Å². The second-order valence-electron chi connectivity index (χ2n) is 8.57. The summed E-state index contributed by atoms with van der Waals surface area (Å²) in [6.07, 6.45) is -5.82. The maximum absolute atomic E-state index is 10.8. The van der Waals surface area contributed by atoms with Crippen LogP contribution in [0.3, 0.4) is 0 Å². The zero-order chi connectivity index (χ0) is 21.2. The third-order valence-corrected chi connectivity index (χ3v) is 6.00. The highest BCUT2D eigenvalue weighted by Crippen LogP contribution is 2.46. The van der Waals surface area contributed by atoms with Gasteiger partial charge in [-0.25, -0.2) is 0 Å². The summed E-state index contributed by atoms with van der Waals surface area (Å²) >= 11 is 0. The second kappa shape index (κ2) is 9.46. The Morgan fingerprint density at radius 1 is 1.07 bits per heavy atom. The molecule has 9 nitrogen and oxygen atoms in total. The van der Waals surface area contributed by atoms with Crippen molar-refractivity contribution in [3.05, 3.63) is 12.2 Å². The molecule has 1 heterocycles. The molecule has 0 aromatic carbocycles. The maximum atomic E-state index is 10.8. The molecule has 0 radical (unpaired) electrons. The zero-order valence-electron chi connectivity index (χ0n) is 16.5. The Kier molecular flexibility index (Phi) is 7.99. The van der Waals surface area contributed by atoms with E-state index in [-0.39, 0.29) is 23.9 Å². The lowest BCUT2D eigenvalue weighted by Crippen LogP contribution is -2.61. The van der Waals surface area contributed by atoms with E-state index in [1.165, 1.54) is 6.08 Å². The van der Waals surface area contributed by atoms with Gasteiger partial charge in [-0.15, -0.1) is 0 Å². The van der Waals surface area contributed by atoms with Crippen LogP contribution in [0.25, 0.3) is 0 Å². The molecule has 1 saturated carbocycles. The summed E-state index contributed by atoms with van der Waals surface area (Å²) in [4.78, 5) is 0. The van der Waals surface area contributed by atoms with E-state index in [4.69, 9.17) is 14.6 Å². The molecule has 2 rings (SSSR count). The van der Waals surface area contributed by atoms with Crippen LogP contribution in [0.2, 0.25) is 0 Å². The van der Waals surface area contributed by atoms with Crippen molar-refractivity contribution in [3.63, 3.8) is 0 Å². The number of ether oxygens (including phenoxy) is 2. The fourth-order valence-electron chi connectivity index (χ4n) is 4.26. The minimum atomic E-state index is -1.54. The molecule has 7 N–H and O–H groups in total. The van der Waals surface area contributed by atoms with Crippen molar-refractivity contribution in [2.45, 2.75) is 76.2 Å². The minimum Gasteiger partial charge on any atom is -0.394 e. The van der Waals surface area contributed by atoms with E-state index in [0.717, 1.165) is 0 Å². The van der Waals surface area contributed by atoms with Crippen molar-refractivity contribution in [2.24, 2.45) is 17.3 Å². The van der Waals surface area contributed by atoms with Crippen LogP contribution in [-0.2, 0) is 9.47 Å². The van der Waals surface area contributed by atoms with Crippen molar-refractivity contribution in [3.8, 4) is 0 Å². The first-order chi connectivity index (χ1) is 13.0. The molecule has 2 fully saturated rings. The van der Waals surface area contributed by atoms with E-state index >= 15 is 0 Å². The molecule has 0 unspecified atom stereocenters. The van der Waals surface area contributed by atoms with Crippen molar-refractivity contribution in [1.29, 1.82) is 0 Å². The van der Waals surface area contributed by atoms with Crippen LogP contribution >= 0.6 is 0 Å². The lowest BCUT2D eigenvalue weighted by atomic mass is 9.62. The fraction of sp³-hybridized carbons (Fsp3) is 0.895. The van der Waals surface area contributed by atoms with Crippen LogP contribution in [0.4, 0.5) is 0 Å². The Morgan fingerprint density at radius 2 is 1.71 bits per heavy atom. The number of allylic oxidation sites excluding steroid dienone is 1. The molecule has 1 aliphatic heterocycles. The molecule has 10 atom stereocenters. The van der Waals surface area contributed by atoms with Crippen molar-refractivity contribution in [1.82, 2.24) is 0 Å². The van der Waals surface area contributed by atoms with Crippen LogP contribution in [0.15, 0.2) is 12.2 Å². The van der Waals surface area contributed by atoms with E-state index in [9.17, 15) is 30.6 Å². The summed E-state index contributed by atoms with van der Waals surface area (Å²) in [6.45, 7) is 4.87. The molecule has 164 valence electrons. The van der Waals surface area contributed by atoms with Gasteiger partial charge >= 0.3 is 0 Å². The summed E-state index contributed by atoms with van der Waals surface area (Å²) in [5.74, 6) is -0.362. The highest BCUT2D eigenvalue weighted by molar-refractivity contribution is 5.06. The van der Waals surface area contributed by atoms with Crippen LogP contribution in [0, 0.1) is 17.3 Å². The van der Waals surface area contributed by atoms with Gasteiger partial charge in [0.05, 0.1) is 31.5 Å². The van der Waals surface area contributed by atoms with Crippen molar-refractivity contribution >= 4 is 0 Å². The highest BCUT2D eigenvalue weighted by Gasteiger charge is 2.50. The van der Waals surface area contributed by atoms with Gasteiger partial charge < -0.3 is 45.2 Å². The van der Waals surface area contributed by atoms with Gasteiger partial charge in [0.2, 0.25) is 0 Å². The van der Waals surface area contributed by atoms with Crippen LogP contribution < -0.4 is 0 Å². The molecule has 0 aromatic heterocycles. The summed E-state index contributed by atoms with van der Waals surface area (Å²) < 4.78 is 11.2. The highest BCUT2D eigenvalue weighted by atomic mass is 16.7. The van der Waals surface area contributed by atoms with Gasteiger partial charge in [-0.3, -0.25) is 0 Å². The number of aliphatic hydroxyl groups excluding tert-OH is 7. The summed E-state index contributed by atoms with van der Waals surface area (Å²) in [6, 6.07) is 0. The Bertz CT molecular complexity index is 524. The number of hydrogen-bond acceptors (Lipinski definition) is 9. The largest absolute Gasteiger partial charge is 0.394 e. The molecule has 2 aliphatic rings. The van der Waals surface area contributed by atoms with Gasteiger partial charge in [0.1, 0.15) is 24.4 Å². The van der Waals surface area contributed by atoms with Gasteiger partial charge in [0.25, 0.3) is 0 Å². The Hall–Kier alpha value is -0.620. The summed E-state index contributed by atoms with van der Waals surface area (Å²) in [5, 5.41) is 68.6. The normalized spacial score (nSPS) is 45.3. The Morgan fingerprint density at radius 3 is 2.29 bits per heavy atom. The van der Waals surface area contributed by atoms with Gasteiger partial charge in [-0.1, -0.05) is 32.9 Å². The van der Waals surface area contributed by atoms with E-state index in [1.54, 1.807) is 6.08 Å². The molecule has 0 bridgehead atoms. The SMILES string of the molecule is C[C@H]1[C@H](O)[C@H](O[C@@H]2O[C@H](CO)[C@@H](O)[C@H](O)[C@H]2O)CC(C)(C)[C@@H]1C=C[C@H](O)CO. The first-order valence-electron chi connectivity index (χ1n) is 9.64. The van der Waals surface area contributed by atoms with Gasteiger partial charge in [-0.05, 0) is 23.7 Å². The fourth-order valence-corrected chi connectivity index (χ4v) is 4.26. The molecule has 0 spiro atoms. The van der Waals surface area contributed by atoms with E-state index < -0.39 is 55.6 Å². The lowest BCUT2D eigenvalue weighted by molar-refractivity contribution is -0.324. The molecular formula is C19H34O9. The van der Waals surface area contributed by atoms with Gasteiger partial charge in [0, 0.05) is 0 Å². The van der Waals surface area contributed by atoms with Crippen LogP contribution in [0.5, 0.6) is 0 Å². The first kappa shape index (κ1) is 23.7. The monoisotopic (exact) mass is 406 g/mol.